The van der Waals surface area contributed by atoms with E-state index in [-0.39, 0.29) is 16.6 Å². The van der Waals surface area contributed by atoms with Gasteiger partial charge >= 0.3 is 0 Å². The second kappa shape index (κ2) is 7.05. The molecule has 0 aromatic rings. The average Bonchev–Trinajstić information content (AvgIpc) is 3.48. The average molecular weight is 427 g/mol. The van der Waals surface area contributed by atoms with Crippen molar-refractivity contribution in [2.24, 2.45) is 34.5 Å². The minimum absolute atomic E-state index is 0.108. The van der Waals surface area contributed by atoms with Crippen LogP contribution in [0, 0.1) is 34.5 Å². The van der Waals surface area contributed by atoms with Crippen molar-refractivity contribution in [3.63, 3.8) is 0 Å². The van der Waals surface area contributed by atoms with Gasteiger partial charge in [0.2, 0.25) is 0 Å². The van der Waals surface area contributed by atoms with E-state index < -0.39 is 5.79 Å². The fraction of sp³-hybridized carbons (Fsp3) is 0.815. The molecule has 170 valence electrons. The lowest BCUT2D eigenvalue weighted by atomic mass is 9.46. The van der Waals surface area contributed by atoms with Gasteiger partial charge in [-0.05, 0) is 74.7 Å². The van der Waals surface area contributed by atoms with Crippen LogP contribution >= 0.6 is 0 Å². The standard InChI is InChI=1S/C27H38O4/c1-4-10-26-11-9-21-20(22(26)7-8-23(26)25(3)28-14-15-29-25)6-5-19-18-27(30-16-17-31-27)13-12-24(19,21)2/h5,10,20-23H,1,6-9,11-18H2,2-3H3/t20-,21+,22+,23-,24+,26+/m1/s1. The molecule has 6 rings (SSSR count). The summed E-state index contributed by atoms with van der Waals surface area (Å²) >= 11 is 0. The van der Waals surface area contributed by atoms with Crippen molar-refractivity contribution in [2.75, 3.05) is 26.4 Å². The van der Waals surface area contributed by atoms with Crippen LogP contribution in [0.1, 0.15) is 65.2 Å². The Labute approximate surface area is 187 Å². The Kier molecular flexibility index (Phi) is 4.70. The highest BCUT2D eigenvalue weighted by Gasteiger charge is 2.64. The van der Waals surface area contributed by atoms with E-state index in [9.17, 15) is 0 Å². The summed E-state index contributed by atoms with van der Waals surface area (Å²) in [5, 5.41) is 0. The molecule has 6 atom stereocenters. The van der Waals surface area contributed by atoms with Crippen molar-refractivity contribution in [2.45, 2.75) is 76.8 Å². The number of allylic oxidation sites excluding steroid dienone is 2. The molecule has 0 aromatic heterocycles. The molecule has 4 heteroatoms. The van der Waals surface area contributed by atoms with Gasteiger partial charge in [-0.1, -0.05) is 25.2 Å². The van der Waals surface area contributed by atoms with Crippen LogP contribution in [-0.4, -0.2) is 38.0 Å². The number of ether oxygens (including phenoxy) is 4. The maximum absolute atomic E-state index is 6.21. The molecule has 0 unspecified atom stereocenters. The third kappa shape index (κ3) is 2.82. The van der Waals surface area contributed by atoms with Crippen molar-refractivity contribution >= 4 is 0 Å². The highest BCUT2D eigenvalue weighted by molar-refractivity contribution is 5.28. The van der Waals surface area contributed by atoms with E-state index in [0.29, 0.717) is 25.0 Å². The minimum Gasteiger partial charge on any atom is -0.348 e. The van der Waals surface area contributed by atoms with Gasteiger partial charge in [-0.2, -0.15) is 0 Å². The number of hydrogen-bond donors (Lipinski definition) is 0. The number of hydrogen-bond acceptors (Lipinski definition) is 4. The zero-order valence-corrected chi connectivity index (χ0v) is 19.3. The summed E-state index contributed by atoms with van der Waals surface area (Å²) in [6.45, 7) is 11.7. The predicted octanol–water partition coefficient (Wildman–Crippen LogP) is 5.39. The SMILES string of the molecule is C=C=C[C@]12CC[C@H]3[C@@H](CC=C4CC5(CC[C@@]43C)OCCO5)[C@@H]1CC[C@@H]2C1(C)OCCO1. The summed E-state index contributed by atoms with van der Waals surface area (Å²) in [5.41, 5.74) is 5.23. The molecule has 6 aliphatic rings. The van der Waals surface area contributed by atoms with Crippen LogP contribution in [0.25, 0.3) is 0 Å². The van der Waals surface area contributed by atoms with Crippen molar-refractivity contribution < 1.29 is 18.9 Å². The Morgan fingerprint density at radius 1 is 0.935 bits per heavy atom. The molecule has 0 aromatic carbocycles. The van der Waals surface area contributed by atoms with Gasteiger partial charge in [-0.25, -0.2) is 0 Å². The Bertz CT molecular complexity index is 813. The van der Waals surface area contributed by atoms with Gasteiger partial charge in [0.25, 0.3) is 0 Å². The monoisotopic (exact) mass is 426 g/mol. The van der Waals surface area contributed by atoms with Crippen LogP contribution in [0.3, 0.4) is 0 Å². The quantitative estimate of drug-likeness (QED) is 0.438. The Morgan fingerprint density at radius 3 is 2.42 bits per heavy atom. The molecular formula is C27H38O4. The normalized spacial score (nSPS) is 47.2. The first-order chi connectivity index (χ1) is 14.9. The molecule has 5 fully saturated rings. The maximum Gasteiger partial charge on any atom is 0.172 e. The van der Waals surface area contributed by atoms with Crippen molar-refractivity contribution in [3.05, 3.63) is 30.0 Å². The van der Waals surface area contributed by atoms with Crippen LogP contribution in [0.4, 0.5) is 0 Å². The van der Waals surface area contributed by atoms with Gasteiger partial charge in [0.15, 0.2) is 11.6 Å². The van der Waals surface area contributed by atoms with Crippen molar-refractivity contribution in [1.82, 2.24) is 0 Å². The zero-order chi connectivity index (χ0) is 21.3. The lowest BCUT2D eigenvalue weighted by Gasteiger charge is -2.59. The maximum atomic E-state index is 6.21. The molecule has 0 N–H and O–H groups in total. The lowest BCUT2D eigenvalue weighted by molar-refractivity contribution is -0.211. The van der Waals surface area contributed by atoms with Crippen LogP contribution in [0.2, 0.25) is 0 Å². The first kappa shape index (κ1) is 20.7. The molecule has 31 heavy (non-hydrogen) atoms. The molecule has 1 spiro atoms. The van der Waals surface area contributed by atoms with Crippen LogP contribution in [0.15, 0.2) is 30.0 Å². The highest BCUT2D eigenvalue weighted by Crippen LogP contribution is 2.69. The summed E-state index contributed by atoms with van der Waals surface area (Å²) < 4.78 is 24.6. The molecule has 0 radical (unpaired) electrons. The summed E-state index contributed by atoms with van der Waals surface area (Å²) in [6, 6.07) is 0. The van der Waals surface area contributed by atoms with E-state index in [1.54, 1.807) is 5.57 Å². The fourth-order valence-corrected chi connectivity index (χ4v) is 9.03. The Hall–Kier alpha value is -0.900. The topological polar surface area (TPSA) is 36.9 Å². The second-order valence-electron chi connectivity index (χ2n) is 11.4. The third-order valence-corrected chi connectivity index (χ3v) is 10.4. The molecule has 0 amide bonds. The summed E-state index contributed by atoms with van der Waals surface area (Å²) in [4.78, 5) is 0. The van der Waals surface area contributed by atoms with Crippen LogP contribution in [-0.2, 0) is 18.9 Å². The third-order valence-electron chi connectivity index (χ3n) is 10.4. The smallest absolute Gasteiger partial charge is 0.172 e. The largest absolute Gasteiger partial charge is 0.348 e. The molecular weight excluding hydrogens is 388 g/mol. The lowest BCUT2D eigenvalue weighted by Crippen LogP contribution is -2.54. The molecule has 2 saturated heterocycles. The molecule has 4 aliphatic carbocycles. The fourth-order valence-electron chi connectivity index (χ4n) is 9.03. The zero-order valence-electron chi connectivity index (χ0n) is 19.3. The molecule has 3 saturated carbocycles. The van der Waals surface area contributed by atoms with Gasteiger partial charge in [-0.15, -0.1) is 5.73 Å². The Balaban J connectivity index is 1.33. The molecule has 4 nitrogen and oxygen atoms in total. The summed E-state index contributed by atoms with van der Waals surface area (Å²) in [5.74, 6) is 1.76. The van der Waals surface area contributed by atoms with E-state index in [2.05, 4.69) is 38.3 Å². The Morgan fingerprint density at radius 2 is 1.68 bits per heavy atom. The number of fused-ring (bicyclic) bond motifs is 5. The van der Waals surface area contributed by atoms with Gasteiger partial charge in [0.05, 0.1) is 26.4 Å². The minimum atomic E-state index is -0.455. The predicted molar refractivity (Wildman–Crippen MR) is 118 cm³/mol. The van der Waals surface area contributed by atoms with Crippen molar-refractivity contribution in [1.29, 1.82) is 0 Å². The van der Waals surface area contributed by atoms with Crippen molar-refractivity contribution in [3.8, 4) is 0 Å². The molecule has 0 bridgehead atoms. The van der Waals surface area contributed by atoms with Crippen LogP contribution < -0.4 is 0 Å². The molecule has 2 aliphatic heterocycles. The van der Waals surface area contributed by atoms with Gasteiger partial charge in [-0.3, -0.25) is 0 Å². The number of rotatable bonds is 2. The van der Waals surface area contributed by atoms with Crippen LogP contribution in [0.5, 0.6) is 0 Å². The van der Waals surface area contributed by atoms with E-state index in [4.69, 9.17) is 18.9 Å². The first-order valence-electron chi connectivity index (χ1n) is 12.6. The van der Waals surface area contributed by atoms with E-state index >= 15 is 0 Å². The van der Waals surface area contributed by atoms with Gasteiger partial charge < -0.3 is 18.9 Å². The first-order valence-corrected chi connectivity index (χ1v) is 12.6. The summed E-state index contributed by atoms with van der Waals surface area (Å²) in [6.07, 6.45) is 14.2. The van der Waals surface area contributed by atoms with Gasteiger partial charge in [0.1, 0.15) is 0 Å². The van der Waals surface area contributed by atoms with E-state index in [1.165, 1.54) is 38.5 Å². The van der Waals surface area contributed by atoms with E-state index in [0.717, 1.165) is 37.9 Å². The van der Waals surface area contributed by atoms with E-state index in [1.807, 2.05) is 0 Å². The summed E-state index contributed by atoms with van der Waals surface area (Å²) in [7, 11) is 0. The van der Waals surface area contributed by atoms with Gasteiger partial charge in [0, 0.05) is 24.2 Å². The second-order valence-corrected chi connectivity index (χ2v) is 11.4. The highest BCUT2D eigenvalue weighted by atomic mass is 16.7. The molecule has 2 heterocycles.